The Morgan fingerprint density at radius 2 is 1.79 bits per heavy atom. The maximum Gasteiger partial charge on any atom is 0.251 e. The number of nitrogens with zero attached hydrogens (tertiary/aromatic N) is 2. The molecule has 144 valence electrons. The van der Waals surface area contributed by atoms with Crippen LogP contribution in [0.1, 0.15) is 36.7 Å². The second kappa shape index (κ2) is 8.61. The summed E-state index contributed by atoms with van der Waals surface area (Å²) >= 11 is 0. The Bertz CT molecular complexity index is 995. The number of hydrogen-bond donors (Lipinski definition) is 2. The molecule has 1 atom stereocenters. The van der Waals surface area contributed by atoms with E-state index in [2.05, 4.69) is 20.3 Å². The number of hydrogen-bond acceptors (Lipinski definition) is 4. The summed E-state index contributed by atoms with van der Waals surface area (Å²) in [7, 11) is 0. The van der Waals surface area contributed by atoms with E-state index in [9.17, 15) is 9.59 Å². The first-order chi connectivity index (χ1) is 13.4. The van der Waals surface area contributed by atoms with E-state index in [1.54, 1.807) is 24.5 Å². The van der Waals surface area contributed by atoms with Crippen LogP contribution in [0.2, 0.25) is 0 Å². The Labute approximate surface area is 164 Å². The first-order valence-corrected chi connectivity index (χ1v) is 9.29. The fourth-order valence-electron chi connectivity index (χ4n) is 2.98. The monoisotopic (exact) mass is 376 g/mol. The number of benzene rings is 1. The van der Waals surface area contributed by atoms with Gasteiger partial charge in [-0.1, -0.05) is 43.7 Å². The van der Waals surface area contributed by atoms with Crippen molar-refractivity contribution in [2.75, 3.05) is 0 Å². The normalized spacial score (nSPS) is 12.0. The topological polar surface area (TPSA) is 87.7 Å². The number of rotatable bonds is 6. The molecule has 0 aliphatic heterocycles. The largest absolute Gasteiger partial charge is 0.347 e. The van der Waals surface area contributed by atoms with Crippen LogP contribution in [0.5, 0.6) is 0 Å². The first kappa shape index (κ1) is 19.5. The lowest BCUT2D eigenvalue weighted by Crippen LogP contribution is -2.34. The molecule has 0 radical (unpaired) electrons. The number of aryl methyl sites for hydroxylation is 1. The van der Waals surface area contributed by atoms with Crippen LogP contribution in [0.4, 0.5) is 0 Å². The van der Waals surface area contributed by atoms with E-state index in [1.165, 1.54) is 6.07 Å². The maximum atomic E-state index is 12.6. The highest BCUT2D eigenvalue weighted by atomic mass is 16.1. The molecule has 3 rings (SSSR count). The number of aromatic amines is 1. The van der Waals surface area contributed by atoms with Gasteiger partial charge in [0.25, 0.3) is 5.56 Å². The lowest BCUT2D eigenvalue weighted by molar-refractivity contribution is -0.121. The molecule has 0 saturated heterocycles. The number of amides is 1. The minimum absolute atomic E-state index is 0.0709. The van der Waals surface area contributed by atoms with Gasteiger partial charge in [0, 0.05) is 24.0 Å². The van der Waals surface area contributed by atoms with Crippen molar-refractivity contribution < 1.29 is 4.79 Å². The van der Waals surface area contributed by atoms with Gasteiger partial charge in [-0.25, -0.2) is 4.98 Å². The van der Waals surface area contributed by atoms with E-state index in [1.807, 2.05) is 45.0 Å². The standard InChI is InChI=1S/C22H24N4O2/c1-14(2)21(25-19(27)12-16-6-4-15(3)5-7-16)18-13-20(28)26-22(24-18)17-8-10-23-11-9-17/h4-11,13-14,21H,12H2,1-3H3,(H,25,27)(H,24,26,28)/t21-/m0/s1. The summed E-state index contributed by atoms with van der Waals surface area (Å²) in [6.45, 7) is 6.00. The molecule has 28 heavy (non-hydrogen) atoms. The molecule has 0 saturated carbocycles. The van der Waals surface area contributed by atoms with Crippen molar-refractivity contribution in [1.82, 2.24) is 20.3 Å². The highest BCUT2D eigenvalue weighted by Gasteiger charge is 2.21. The molecule has 0 fully saturated rings. The molecule has 0 aliphatic rings. The van der Waals surface area contributed by atoms with Gasteiger partial charge in [-0.3, -0.25) is 14.6 Å². The smallest absolute Gasteiger partial charge is 0.251 e. The van der Waals surface area contributed by atoms with Crippen molar-refractivity contribution in [2.24, 2.45) is 5.92 Å². The third-order valence-corrected chi connectivity index (χ3v) is 4.50. The van der Waals surface area contributed by atoms with Crippen LogP contribution in [0.3, 0.4) is 0 Å². The van der Waals surface area contributed by atoms with Gasteiger partial charge < -0.3 is 10.3 Å². The van der Waals surface area contributed by atoms with Crippen molar-refractivity contribution in [3.63, 3.8) is 0 Å². The summed E-state index contributed by atoms with van der Waals surface area (Å²) in [5, 5.41) is 3.04. The third kappa shape index (κ3) is 4.91. The Morgan fingerprint density at radius 1 is 1.11 bits per heavy atom. The predicted molar refractivity (Wildman–Crippen MR) is 109 cm³/mol. The summed E-state index contributed by atoms with van der Waals surface area (Å²) in [4.78, 5) is 36.1. The lowest BCUT2D eigenvalue weighted by Gasteiger charge is -2.22. The first-order valence-electron chi connectivity index (χ1n) is 9.29. The number of nitrogens with one attached hydrogen (secondary N) is 2. The molecular weight excluding hydrogens is 352 g/mol. The van der Waals surface area contributed by atoms with Gasteiger partial charge in [0.2, 0.25) is 5.91 Å². The van der Waals surface area contributed by atoms with Crippen LogP contribution in [0, 0.1) is 12.8 Å². The number of carbonyl (C=O) groups excluding carboxylic acids is 1. The molecule has 3 aromatic rings. The van der Waals surface area contributed by atoms with Crippen LogP contribution < -0.4 is 10.9 Å². The fourth-order valence-corrected chi connectivity index (χ4v) is 2.98. The van der Waals surface area contributed by atoms with E-state index in [0.717, 1.165) is 16.7 Å². The zero-order chi connectivity index (χ0) is 20.1. The third-order valence-electron chi connectivity index (χ3n) is 4.50. The summed E-state index contributed by atoms with van der Waals surface area (Å²) in [6, 6.07) is 12.5. The van der Waals surface area contributed by atoms with Gasteiger partial charge in [0.1, 0.15) is 5.82 Å². The van der Waals surface area contributed by atoms with Crippen LogP contribution in [-0.4, -0.2) is 20.9 Å². The van der Waals surface area contributed by atoms with E-state index < -0.39 is 0 Å². The van der Waals surface area contributed by atoms with Gasteiger partial charge in [-0.2, -0.15) is 0 Å². The minimum Gasteiger partial charge on any atom is -0.347 e. The van der Waals surface area contributed by atoms with Crippen LogP contribution >= 0.6 is 0 Å². The van der Waals surface area contributed by atoms with Crippen molar-refractivity contribution in [2.45, 2.75) is 33.2 Å². The highest BCUT2D eigenvalue weighted by Crippen LogP contribution is 2.21. The Hall–Kier alpha value is -3.28. The number of pyridine rings is 1. The summed E-state index contributed by atoms with van der Waals surface area (Å²) < 4.78 is 0. The van der Waals surface area contributed by atoms with Crippen molar-refractivity contribution in [3.05, 3.63) is 82.0 Å². The lowest BCUT2D eigenvalue weighted by atomic mass is 9.99. The molecule has 1 aromatic carbocycles. The Morgan fingerprint density at radius 3 is 2.43 bits per heavy atom. The van der Waals surface area contributed by atoms with Gasteiger partial charge in [-0.15, -0.1) is 0 Å². The molecule has 6 heteroatoms. The molecule has 0 spiro atoms. The minimum atomic E-state index is -0.360. The second-order valence-electron chi connectivity index (χ2n) is 7.21. The molecule has 2 N–H and O–H groups in total. The fraction of sp³-hybridized carbons (Fsp3) is 0.273. The van der Waals surface area contributed by atoms with E-state index in [0.29, 0.717) is 11.5 Å². The molecule has 2 aromatic heterocycles. The average molecular weight is 376 g/mol. The molecular formula is C22H24N4O2. The van der Waals surface area contributed by atoms with Gasteiger partial charge in [0.05, 0.1) is 18.2 Å². The van der Waals surface area contributed by atoms with Gasteiger partial charge in [-0.05, 0) is 30.5 Å². The van der Waals surface area contributed by atoms with Crippen molar-refractivity contribution >= 4 is 5.91 Å². The van der Waals surface area contributed by atoms with Crippen LogP contribution in [0.25, 0.3) is 11.4 Å². The molecule has 0 unspecified atom stereocenters. The van der Waals surface area contributed by atoms with Gasteiger partial charge in [0.15, 0.2) is 0 Å². The van der Waals surface area contributed by atoms with E-state index in [4.69, 9.17) is 0 Å². The number of H-pyrrole nitrogens is 1. The Kier molecular flexibility index (Phi) is 5.99. The highest BCUT2D eigenvalue weighted by molar-refractivity contribution is 5.79. The number of aromatic nitrogens is 3. The molecule has 0 aliphatic carbocycles. The quantitative estimate of drug-likeness (QED) is 0.692. The maximum absolute atomic E-state index is 12.6. The average Bonchev–Trinajstić information content (AvgIpc) is 2.68. The van der Waals surface area contributed by atoms with Crippen LogP contribution in [-0.2, 0) is 11.2 Å². The molecule has 2 heterocycles. The van der Waals surface area contributed by atoms with Crippen molar-refractivity contribution in [1.29, 1.82) is 0 Å². The van der Waals surface area contributed by atoms with E-state index in [-0.39, 0.29) is 29.8 Å². The summed E-state index contributed by atoms with van der Waals surface area (Å²) in [6.07, 6.45) is 3.57. The molecule has 6 nitrogen and oxygen atoms in total. The Balaban J connectivity index is 1.84. The van der Waals surface area contributed by atoms with Crippen LogP contribution in [0.15, 0.2) is 59.7 Å². The molecule has 0 bridgehead atoms. The number of carbonyl (C=O) groups is 1. The second-order valence-corrected chi connectivity index (χ2v) is 7.21. The summed E-state index contributed by atoms with van der Waals surface area (Å²) in [5.74, 6) is 0.431. The predicted octanol–water partition coefficient (Wildman–Crippen LogP) is 3.20. The zero-order valence-corrected chi connectivity index (χ0v) is 16.3. The SMILES string of the molecule is Cc1ccc(CC(=O)N[C@H](c2cc(=O)[nH]c(-c3ccncc3)n2)C(C)C)cc1. The summed E-state index contributed by atoms with van der Waals surface area (Å²) in [5.41, 5.74) is 3.16. The van der Waals surface area contributed by atoms with Gasteiger partial charge >= 0.3 is 0 Å². The van der Waals surface area contributed by atoms with Crippen molar-refractivity contribution in [3.8, 4) is 11.4 Å². The molecule has 1 amide bonds. The van der Waals surface area contributed by atoms with E-state index >= 15 is 0 Å². The zero-order valence-electron chi connectivity index (χ0n) is 16.3.